The molecule has 0 spiro atoms. The van der Waals surface area contributed by atoms with Crippen LogP contribution < -0.4 is 5.32 Å². The standard InChI is InChI=1S/C11H23N3/c1-13-5-2-6-14(8-7-13)10-11-3-4-12-9-11/h11-12H,2-10H2,1H3. The lowest BCUT2D eigenvalue weighted by atomic mass is 10.1. The van der Waals surface area contributed by atoms with Gasteiger partial charge in [-0.3, -0.25) is 0 Å². The molecule has 0 bridgehead atoms. The van der Waals surface area contributed by atoms with E-state index in [2.05, 4.69) is 22.2 Å². The van der Waals surface area contributed by atoms with Gasteiger partial charge in [0, 0.05) is 19.6 Å². The lowest BCUT2D eigenvalue weighted by Crippen LogP contribution is -2.33. The van der Waals surface area contributed by atoms with Gasteiger partial charge >= 0.3 is 0 Å². The summed E-state index contributed by atoms with van der Waals surface area (Å²) in [4.78, 5) is 5.11. The van der Waals surface area contributed by atoms with E-state index in [0.29, 0.717) is 0 Å². The van der Waals surface area contributed by atoms with Crippen LogP contribution in [0.4, 0.5) is 0 Å². The second kappa shape index (κ2) is 5.10. The van der Waals surface area contributed by atoms with Gasteiger partial charge in [0.1, 0.15) is 0 Å². The van der Waals surface area contributed by atoms with Crippen molar-refractivity contribution in [2.45, 2.75) is 12.8 Å². The number of rotatable bonds is 2. The first-order chi connectivity index (χ1) is 6.84. The predicted molar refractivity (Wildman–Crippen MR) is 59.5 cm³/mol. The van der Waals surface area contributed by atoms with Crippen LogP contribution in [0.25, 0.3) is 0 Å². The van der Waals surface area contributed by atoms with E-state index in [9.17, 15) is 0 Å². The summed E-state index contributed by atoms with van der Waals surface area (Å²) in [6, 6.07) is 0. The van der Waals surface area contributed by atoms with Crippen LogP contribution in [0.3, 0.4) is 0 Å². The van der Waals surface area contributed by atoms with Crippen molar-refractivity contribution in [3.05, 3.63) is 0 Å². The smallest absolute Gasteiger partial charge is 0.0109 e. The molecule has 0 aliphatic carbocycles. The van der Waals surface area contributed by atoms with Gasteiger partial charge in [0.15, 0.2) is 0 Å². The Morgan fingerprint density at radius 1 is 1.21 bits per heavy atom. The summed E-state index contributed by atoms with van der Waals surface area (Å²) in [5.41, 5.74) is 0. The highest BCUT2D eigenvalue weighted by molar-refractivity contribution is 4.76. The summed E-state index contributed by atoms with van der Waals surface area (Å²) >= 11 is 0. The fourth-order valence-electron chi connectivity index (χ4n) is 2.52. The highest BCUT2D eigenvalue weighted by Gasteiger charge is 2.19. The molecule has 82 valence electrons. The van der Waals surface area contributed by atoms with Crippen molar-refractivity contribution in [2.24, 2.45) is 5.92 Å². The molecule has 0 saturated carbocycles. The lowest BCUT2D eigenvalue weighted by Gasteiger charge is -2.23. The summed E-state index contributed by atoms with van der Waals surface area (Å²) in [5, 5.41) is 3.45. The van der Waals surface area contributed by atoms with Crippen molar-refractivity contribution in [3.8, 4) is 0 Å². The Labute approximate surface area is 87.4 Å². The number of likely N-dealkylation sites (N-methyl/N-ethyl adjacent to an activating group) is 1. The van der Waals surface area contributed by atoms with Crippen LogP contribution in [0.1, 0.15) is 12.8 Å². The van der Waals surface area contributed by atoms with E-state index in [1.54, 1.807) is 0 Å². The molecule has 0 radical (unpaired) electrons. The third-order valence-corrected chi connectivity index (χ3v) is 3.49. The molecule has 2 rings (SSSR count). The largest absolute Gasteiger partial charge is 0.316 e. The zero-order chi connectivity index (χ0) is 9.80. The Bertz CT molecular complexity index is 166. The minimum absolute atomic E-state index is 0.915. The van der Waals surface area contributed by atoms with Crippen LogP contribution in [0, 0.1) is 5.92 Å². The molecule has 1 unspecified atom stereocenters. The van der Waals surface area contributed by atoms with Crippen molar-refractivity contribution in [2.75, 3.05) is 52.9 Å². The van der Waals surface area contributed by atoms with Crippen LogP contribution in [0.2, 0.25) is 0 Å². The first kappa shape index (κ1) is 10.4. The lowest BCUT2D eigenvalue weighted by molar-refractivity contribution is 0.242. The van der Waals surface area contributed by atoms with E-state index < -0.39 is 0 Å². The Morgan fingerprint density at radius 2 is 2.14 bits per heavy atom. The van der Waals surface area contributed by atoms with E-state index in [-0.39, 0.29) is 0 Å². The normalized spacial score (nSPS) is 31.9. The molecular weight excluding hydrogens is 174 g/mol. The van der Waals surface area contributed by atoms with Gasteiger partial charge in [-0.2, -0.15) is 0 Å². The van der Waals surface area contributed by atoms with Gasteiger partial charge in [-0.1, -0.05) is 0 Å². The fourth-order valence-corrected chi connectivity index (χ4v) is 2.52. The molecule has 3 heteroatoms. The summed E-state index contributed by atoms with van der Waals surface area (Å²) < 4.78 is 0. The number of hydrogen-bond acceptors (Lipinski definition) is 3. The summed E-state index contributed by atoms with van der Waals surface area (Å²) in [5.74, 6) is 0.915. The van der Waals surface area contributed by atoms with Gasteiger partial charge in [-0.05, 0) is 52.0 Å². The third-order valence-electron chi connectivity index (χ3n) is 3.49. The fraction of sp³-hybridized carbons (Fsp3) is 1.00. The second-order valence-electron chi connectivity index (χ2n) is 4.82. The average Bonchev–Trinajstić information content (AvgIpc) is 2.58. The minimum atomic E-state index is 0.915. The van der Waals surface area contributed by atoms with Crippen LogP contribution in [0.5, 0.6) is 0 Å². The summed E-state index contributed by atoms with van der Waals surface area (Å²) in [6.45, 7) is 8.90. The van der Waals surface area contributed by atoms with E-state index in [1.807, 2.05) is 0 Å². The van der Waals surface area contributed by atoms with E-state index in [4.69, 9.17) is 0 Å². The molecule has 2 aliphatic rings. The molecule has 1 N–H and O–H groups in total. The molecule has 2 aliphatic heterocycles. The molecule has 2 heterocycles. The molecule has 1 atom stereocenters. The second-order valence-corrected chi connectivity index (χ2v) is 4.82. The zero-order valence-corrected chi connectivity index (χ0v) is 9.34. The van der Waals surface area contributed by atoms with Crippen LogP contribution in [0.15, 0.2) is 0 Å². The average molecular weight is 197 g/mol. The van der Waals surface area contributed by atoms with Gasteiger partial charge in [0.05, 0.1) is 0 Å². The van der Waals surface area contributed by atoms with Crippen LogP contribution in [-0.2, 0) is 0 Å². The molecule has 2 fully saturated rings. The van der Waals surface area contributed by atoms with E-state index in [1.165, 1.54) is 58.7 Å². The van der Waals surface area contributed by atoms with E-state index in [0.717, 1.165) is 5.92 Å². The molecule has 3 nitrogen and oxygen atoms in total. The molecular formula is C11H23N3. The maximum Gasteiger partial charge on any atom is 0.0109 e. The van der Waals surface area contributed by atoms with Gasteiger partial charge in [0.2, 0.25) is 0 Å². The van der Waals surface area contributed by atoms with Gasteiger partial charge < -0.3 is 15.1 Å². The van der Waals surface area contributed by atoms with Crippen molar-refractivity contribution < 1.29 is 0 Å². The quantitative estimate of drug-likeness (QED) is 0.684. The monoisotopic (exact) mass is 197 g/mol. The van der Waals surface area contributed by atoms with Crippen molar-refractivity contribution in [1.29, 1.82) is 0 Å². The summed E-state index contributed by atoms with van der Waals surface area (Å²) in [6.07, 6.45) is 2.73. The molecule has 0 aromatic heterocycles. The number of nitrogens with one attached hydrogen (secondary N) is 1. The number of nitrogens with zero attached hydrogens (tertiary/aromatic N) is 2. The molecule has 0 aromatic carbocycles. The van der Waals surface area contributed by atoms with Crippen LogP contribution in [-0.4, -0.2) is 62.7 Å². The molecule has 14 heavy (non-hydrogen) atoms. The van der Waals surface area contributed by atoms with Gasteiger partial charge in [-0.25, -0.2) is 0 Å². The van der Waals surface area contributed by atoms with E-state index >= 15 is 0 Å². The van der Waals surface area contributed by atoms with Gasteiger partial charge in [-0.15, -0.1) is 0 Å². The maximum atomic E-state index is 3.45. The first-order valence-corrected chi connectivity index (χ1v) is 5.96. The van der Waals surface area contributed by atoms with Crippen molar-refractivity contribution in [1.82, 2.24) is 15.1 Å². The number of hydrogen-bond donors (Lipinski definition) is 1. The molecule has 0 amide bonds. The Kier molecular flexibility index (Phi) is 3.79. The predicted octanol–water partition coefficient (Wildman–Crippen LogP) is 0.233. The Hall–Kier alpha value is -0.120. The van der Waals surface area contributed by atoms with Crippen LogP contribution >= 0.6 is 0 Å². The highest BCUT2D eigenvalue weighted by atomic mass is 15.2. The topological polar surface area (TPSA) is 18.5 Å². The molecule has 0 aromatic rings. The Balaban J connectivity index is 1.73. The summed E-state index contributed by atoms with van der Waals surface area (Å²) in [7, 11) is 2.24. The Morgan fingerprint density at radius 3 is 2.93 bits per heavy atom. The third kappa shape index (κ3) is 2.94. The first-order valence-electron chi connectivity index (χ1n) is 5.96. The maximum absolute atomic E-state index is 3.45. The van der Waals surface area contributed by atoms with Crippen molar-refractivity contribution >= 4 is 0 Å². The van der Waals surface area contributed by atoms with Crippen molar-refractivity contribution in [3.63, 3.8) is 0 Å². The molecule has 2 saturated heterocycles. The SMILES string of the molecule is CN1CCCN(CC2CCNC2)CC1. The highest BCUT2D eigenvalue weighted by Crippen LogP contribution is 2.11. The minimum Gasteiger partial charge on any atom is -0.316 e. The van der Waals surface area contributed by atoms with Gasteiger partial charge in [0.25, 0.3) is 0 Å². The zero-order valence-electron chi connectivity index (χ0n) is 9.34.